The zero-order valence-corrected chi connectivity index (χ0v) is 5.95. The maximum atomic E-state index is 10.9. The lowest BCUT2D eigenvalue weighted by atomic mass is 9.97. The highest BCUT2D eigenvalue weighted by Gasteiger charge is 2.37. The Morgan fingerprint density at radius 2 is 2.30 bits per heavy atom. The van der Waals surface area contributed by atoms with E-state index in [9.17, 15) is 4.79 Å². The van der Waals surface area contributed by atoms with Crippen molar-refractivity contribution in [3.63, 3.8) is 0 Å². The molecule has 3 unspecified atom stereocenters. The largest absolute Gasteiger partial charge is 0.396 e. The summed E-state index contributed by atoms with van der Waals surface area (Å²) in [5, 5.41) is 17.9. The molecule has 2 N–H and O–H groups in total. The average molecular weight is 144 g/mol. The van der Waals surface area contributed by atoms with E-state index in [1.54, 1.807) is 6.92 Å². The molecule has 3 atom stereocenters. The standard InChI is InChI=1S/C7H12O3/c1-4-5(3-8)7(10)2-6(4)9/h4-5,7-8,10H,2-3H2,1H3. The molecule has 3 heteroatoms. The van der Waals surface area contributed by atoms with Crippen LogP contribution in [0.2, 0.25) is 0 Å². The van der Waals surface area contributed by atoms with Gasteiger partial charge in [-0.2, -0.15) is 0 Å². The van der Waals surface area contributed by atoms with Gasteiger partial charge in [0.1, 0.15) is 5.78 Å². The van der Waals surface area contributed by atoms with Gasteiger partial charge in [0.25, 0.3) is 0 Å². The molecule has 0 bridgehead atoms. The van der Waals surface area contributed by atoms with Crippen LogP contribution >= 0.6 is 0 Å². The second-order valence-corrected chi connectivity index (χ2v) is 2.87. The van der Waals surface area contributed by atoms with E-state index in [2.05, 4.69) is 0 Å². The van der Waals surface area contributed by atoms with Crippen LogP contribution in [0.5, 0.6) is 0 Å². The Hall–Kier alpha value is -0.410. The maximum Gasteiger partial charge on any atom is 0.138 e. The highest BCUT2D eigenvalue weighted by Crippen LogP contribution is 2.27. The van der Waals surface area contributed by atoms with Gasteiger partial charge in [0, 0.05) is 24.9 Å². The quantitative estimate of drug-likeness (QED) is 0.524. The number of aliphatic hydroxyl groups is 2. The van der Waals surface area contributed by atoms with Crippen LogP contribution in [-0.2, 0) is 4.79 Å². The first-order valence-corrected chi connectivity index (χ1v) is 3.48. The Kier molecular flexibility index (Phi) is 2.06. The van der Waals surface area contributed by atoms with Gasteiger partial charge >= 0.3 is 0 Å². The van der Waals surface area contributed by atoms with Crippen molar-refractivity contribution in [2.24, 2.45) is 11.8 Å². The van der Waals surface area contributed by atoms with Gasteiger partial charge in [-0.15, -0.1) is 0 Å². The summed E-state index contributed by atoms with van der Waals surface area (Å²) in [4.78, 5) is 10.9. The Bertz CT molecular complexity index is 144. The van der Waals surface area contributed by atoms with Gasteiger partial charge in [-0.1, -0.05) is 6.92 Å². The molecule has 58 valence electrons. The summed E-state index contributed by atoms with van der Waals surface area (Å²) < 4.78 is 0. The van der Waals surface area contributed by atoms with Crippen LogP contribution in [0, 0.1) is 11.8 Å². The van der Waals surface area contributed by atoms with Crippen LogP contribution in [0.1, 0.15) is 13.3 Å². The molecule has 0 aromatic carbocycles. The van der Waals surface area contributed by atoms with Crippen LogP contribution in [0.3, 0.4) is 0 Å². The molecular formula is C7H12O3. The summed E-state index contributed by atoms with van der Waals surface area (Å²) in [5.41, 5.74) is 0. The van der Waals surface area contributed by atoms with Crippen LogP contribution in [0.4, 0.5) is 0 Å². The first kappa shape index (κ1) is 7.69. The summed E-state index contributed by atoms with van der Waals surface area (Å²) in [6.07, 6.45) is -0.403. The lowest BCUT2D eigenvalue weighted by molar-refractivity contribution is -0.121. The lowest BCUT2D eigenvalue weighted by Gasteiger charge is -2.13. The smallest absolute Gasteiger partial charge is 0.138 e. The molecule has 3 nitrogen and oxygen atoms in total. The first-order valence-electron chi connectivity index (χ1n) is 3.48. The predicted octanol–water partition coefficient (Wildman–Crippen LogP) is -0.435. The summed E-state index contributed by atoms with van der Waals surface area (Å²) in [6, 6.07) is 0. The Morgan fingerprint density at radius 3 is 2.50 bits per heavy atom. The zero-order valence-electron chi connectivity index (χ0n) is 5.95. The van der Waals surface area contributed by atoms with E-state index in [4.69, 9.17) is 10.2 Å². The molecule has 1 saturated carbocycles. The third kappa shape index (κ3) is 1.07. The monoisotopic (exact) mass is 144 g/mol. The molecule has 0 aromatic heterocycles. The van der Waals surface area contributed by atoms with Crippen LogP contribution in [-0.4, -0.2) is 28.7 Å². The third-order valence-corrected chi connectivity index (χ3v) is 2.27. The zero-order chi connectivity index (χ0) is 7.72. The Labute approximate surface area is 59.7 Å². The lowest BCUT2D eigenvalue weighted by Crippen LogP contribution is -2.21. The van der Waals surface area contributed by atoms with Crippen molar-refractivity contribution in [1.82, 2.24) is 0 Å². The molecule has 1 rings (SSSR count). The average Bonchev–Trinajstić information content (AvgIpc) is 2.09. The minimum Gasteiger partial charge on any atom is -0.396 e. The molecule has 1 aliphatic carbocycles. The number of Topliss-reactive ketones (excluding diaryl/α,β-unsaturated/α-hetero) is 1. The molecular weight excluding hydrogens is 132 g/mol. The number of hydrogen-bond acceptors (Lipinski definition) is 3. The minimum atomic E-state index is -0.618. The summed E-state index contributed by atoms with van der Waals surface area (Å²) in [7, 11) is 0. The molecule has 10 heavy (non-hydrogen) atoms. The van der Waals surface area contributed by atoms with Gasteiger partial charge in [0.15, 0.2) is 0 Å². The van der Waals surface area contributed by atoms with E-state index in [1.165, 1.54) is 0 Å². The highest BCUT2D eigenvalue weighted by atomic mass is 16.3. The van der Waals surface area contributed by atoms with Gasteiger partial charge in [0.05, 0.1) is 6.10 Å². The number of ketones is 1. The van der Waals surface area contributed by atoms with Gasteiger partial charge in [0.2, 0.25) is 0 Å². The first-order chi connectivity index (χ1) is 4.66. The number of carbonyl (C=O) groups is 1. The van der Waals surface area contributed by atoms with Crippen molar-refractivity contribution in [3.05, 3.63) is 0 Å². The van der Waals surface area contributed by atoms with Crippen molar-refractivity contribution in [3.8, 4) is 0 Å². The molecule has 0 saturated heterocycles. The molecule has 0 aromatic rings. The van der Waals surface area contributed by atoms with E-state index < -0.39 is 6.10 Å². The molecule has 0 aliphatic heterocycles. The topological polar surface area (TPSA) is 57.5 Å². The SMILES string of the molecule is CC1C(=O)CC(O)C1CO. The summed E-state index contributed by atoms with van der Waals surface area (Å²) >= 11 is 0. The fraction of sp³-hybridized carbons (Fsp3) is 0.857. The maximum absolute atomic E-state index is 10.9. The molecule has 1 fully saturated rings. The second-order valence-electron chi connectivity index (χ2n) is 2.87. The molecule has 0 amide bonds. The minimum absolute atomic E-state index is 0.0616. The van der Waals surface area contributed by atoms with Gasteiger partial charge < -0.3 is 10.2 Å². The van der Waals surface area contributed by atoms with Crippen molar-refractivity contribution in [1.29, 1.82) is 0 Å². The van der Waals surface area contributed by atoms with Gasteiger partial charge in [-0.05, 0) is 0 Å². The second kappa shape index (κ2) is 2.68. The molecule has 0 radical (unpaired) electrons. The van der Waals surface area contributed by atoms with Crippen molar-refractivity contribution in [2.75, 3.05) is 6.61 Å². The Balaban J connectivity index is 2.64. The molecule has 0 spiro atoms. The van der Waals surface area contributed by atoms with Crippen molar-refractivity contribution >= 4 is 5.78 Å². The number of carbonyl (C=O) groups excluding carboxylic acids is 1. The van der Waals surface area contributed by atoms with Crippen molar-refractivity contribution < 1.29 is 15.0 Å². The summed E-state index contributed by atoms with van der Waals surface area (Å²) in [6.45, 7) is 1.66. The molecule has 1 aliphatic rings. The number of hydrogen-bond donors (Lipinski definition) is 2. The van der Waals surface area contributed by atoms with Gasteiger partial charge in [-0.3, -0.25) is 4.79 Å². The third-order valence-electron chi connectivity index (χ3n) is 2.27. The van der Waals surface area contributed by atoms with Crippen molar-refractivity contribution in [2.45, 2.75) is 19.4 Å². The fourth-order valence-corrected chi connectivity index (χ4v) is 1.40. The van der Waals surface area contributed by atoms with E-state index >= 15 is 0 Å². The molecule has 0 heterocycles. The number of aliphatic hydroxyl groups excluding tert-OH is 2. The predicted molar refractivity (Wildman–Crippen MR) is 35.4 cm³/mol. The normalized spacial score (nSPS) is 40.7. The van der Waals surface area contributed by atoms with E-state index in [-0.39, 0.29) is 30.6 Å². The summed E-state index contributed by atoms with van der Waals surface area (Å²) in [5.74, 6) is -0.334. The van der Waals surface area contributed by atoms with Crippen LogP contribution < -0.4 is 0 Å². The van der Waals surface area contributed by atoms with Crippen LogP contribution in [0.25, 0.3) is 0 Å². The van der Waals surface area contributed by atoms with E-state index in [0.29, 0.717) is 0 Å². The fourth-order valence-electron chi connectivity index (χ4n) is 1.40. The van der Waals surface area contributed by atoms with Crippen LogP contribution in [0.15, 0.2) is 0 Å². The number of rotatable bonds is 1. The van der Waals surface area contributed by atoms with E-state index in [0.717, 1.165) is 0 Å². The Morgan fingerprint density at radius 1 is 1.70 bits per heavy atom. The highest BCUT2D eigenvalue weighted by molar-refractivity contribution is 5.83. The van der Waals surface area contributed by atoms with Gasteiger partial charge in [-0.25, -0.2) is 0 Å². The van der Waals surface area contributed by atoms with E-state index in [1.807, 2.05) is 0 Å².